The van der Waals surface area contributed by atoms with Gasteiger partial charge < -0.3 is 24.3 Å². The summed E-state index contributed by atoms with van der Waals surface area (Å²) in [5.41, 5.74) is 1.03. The van der Waals surface area contributed by atoms with Crippen molar-refractivity contribution in [3.8, 4) is 23.0 Å². The average molecular weight is 453 g/mol. The highest BCUT2D eigenvalue weighted by Crippen LogP contribution is 2.28. The molecule has 0 radical (unpaired) electrons. The van der Waals surface area contributed by atoms with Gasteiger partial charge in [0.15, 0.2) is 5.11 Å². The molecule has 32 heavy (non-hydrogen) atoms. The van der Waals surface area contributed by atoms with Gasteiger partial charge in [0.25, 0.3) is 5.91 Å². The molecule has 3 aromatic carbocycles. The summed E-state index contributed by atoms with van der Waals surface area (Å²) < 4.78 is 21.7. The van der Waals surface area contributed by atoms with E-state index in [-0.39, 0.29) is 11.0 Å². The Kier molecular flexibility index (Phi) is 8.28. The summed E-state index contributed by atoms with van der Waals surface area (Å²) in [4.78, 5) is 12.5. The van der Waals surface area contributed by atoms with Crippen LogP contribution in [0.4, 0.5) is 5.69 Å². The van der Waals surface area contributed by atoms with E-state index in [9.17, 15) is 4.79 Å². The monoisotopic (exact) mass is 452 g/mol. The van der Waals surface area contributed by atoms with Crippen LogP contribution in [-0.2, 0) is 0 Å². The first-order valence-corrected chi connectivity index (χ1v) is 10.2. The number of hydrogen-bond acceptors (Lipinski definition) is 6. The van der Waals surface area contributed by atoms with Gasteiger partial charge in [0.1, 0.15) is 36.2 Å². The molecule has 0 unspecified atom stereocenters. The zero-order chi connectivity index (χ0) is 22.8. The van der Waals surface area contributed by atoms with Crippen LogP contribution in [-0.4, -0.2) is 38.5 Å². The van der Waals surface area contributed by atoms with Crippen LogP contribution in [0.15, 0.2) is 72.8 Å². The van der Waals surface area contributed by atoms with E-state index in [0.29, 0.717) is 41.7 Å². The number of carbonyl (C=O) groups excluding carboxylic acids is 1. The number of hydrogen-bond donors (Lipinski definition) is 2. The van der Waals surface area contributed by atoms with E-state index in [4.69, 9.17) is 31.2 Å². The number of methoxy groups -OCH3 is 2. The van der Waals surface area contributed by atoms with E-state index in [0.717, 1.165) is 5.75 Å². The van der Waals surface area contributed by atoms with E-state index in [2.05, 4.69) is 10.6 Å². The molecular weight excluding hydrogens is 428 g/mol. The van der Waals surface area contributed by atoms with E-state index >= 15 is 0 Å². The van der Waals surface area contributed by atoms with Crippen LogP contribution >= 0.6 is 12.2 Å². The fourth-order valence-corrected chi connectivity index (χ4v) is 2.98. The van der Waals surface area contributed by atoms with E-state index in [1.54, 1.807) is 56.7 Å². The Bertz CT molecular complexity index is 1040. The summed E-state index contributed by atoms with van der Waals surface area (Å²) in [6, 6.07) is 21.5. The van der Waals surface area contributed by atoms with Crippen LogP contribution in [0.2, 0.25) is 0 Å². The fourth-order valence-electron chi connectivity index (χ4n) is 2.78. The molecule has 8 heteroatoms. The molecule has 166 valence electrons. The lowest BCUT2D eigenvalue weighted by Gasteiger charge is -2.14. The fraction of sp³-hybridized carbons (Fsp3) is 0.167. The maximum absolute atomic E-state index is 12.5. The number of ether oxygens (including phenoxy) is 4. The molecule has 0 spiro atoms. The second kappa shape index (κ2) is 11.6. The Morgan fingerprint density at radius 1 is 0.812 bits per heavy atom. The van der Waals surface area contributed by atoms with Gasteiger partial charge in [-0.1, -0.05) is 18.2 Å². The zero-order valence-electron chi connectivity index (χ0n) is 17.8. The molecule has 0 saturated heterocycles. The number of anilines is 1. The summed E-state index contributed by atoms with van der Waals surface area (Å²) in [7, 11) is 3.11. The van der Waals surface area contributed by atoms with Crippen molar-refractivity contribution >= 4 is 28.9 Å². The van der Waals surface area contributed by atoms with Gasteiger partial charge in [-0.05, 0) is 60.7 Å². The van der Waals surface area contributed by atoms with Gasteiger partial charge >= 0.3 is 0 Å². The number of para-hydroxylation sites is 1. The Morgan fingerprint density at radius 3 is 2.06 bits per heavy atom. The Labute approximate surface area is 192 Å². The SMILES string of the molecule is COc1ccc(OC)c(NC(=S)NC(=O)c2ccc(OCCOc3ccccc3)cc2)c1. The largest absolute Gasteiger partial charge is 0.497 e. The van der Waals surface area contributed by atoms with Crippen LogP contribution in [0.1, 0.15) is 10.4 Å². The van der Waals surface area contributed by atoms with Gasteiger partial charge in [-0.25, -0.2) is 0 Å². The minimum atomic E-state index is -0.344. The third-order valence-electron chi connectivity index (χ3n) is 4.36. The third-order valence-corrected chi connectivity index (χ3v) is 4.57. The highest BCUT2D eigenvalue weighted by atomic mass is 32.1. The first-order valence-electron chi connectivity index (χ1n) is 9.84. The van der Waals surface area contributed by atoms with Crippen LogP contribution in [0.25, 0.3) is 0 Å². The van der Waals surface area contributed by atoms with Crippen molar-refractivity contribution in [2.45, 2.75) is 0 Å². The summed E-state index contributed by atoms with van der Waals surface area (Å²) >= 11 is 5.26. The molecule has 7 nitrogen and oxygen atoms in total. The van der Waals surface area contributed by atoms with Crippen molar-refractivity contribution in [2.75, 3.05) is 32.8 Å². The maximum Gasteiger partial charge on any atom is 0.257 e. The van der Waals surface area contributed by atoms with Crippen LogP contribution < -0.4 is 29.6 Å². The lowest BCUT2D eigenvalue weighted by molar-refractivity contribution is 0.0977. The average Bonchev–Trinajstić information content (AvgIpc) is 2.82. The summed E-state index contributed by atoms with van der Waals surface area (Å²) in [6.07, 6.45) is 0. The van der Waals surface area contributed by atoms with Crippen LogP contribution in [0.3, 0.4) is 0 Å². The highest BCUT2D eigenvalue weighted by molar-refractivity contribution is 7.80. The molecule has 0 aliphatic rings. The van der Waals surface area contributed by atoms with Gasteiger partial charge in [-0.15, -0.1) is 0 Å². The predicted octanol–water partition coefficient (Wildman–Crippen LogP) is 4.29. The van der Waals surface area contributed by atoms with Crippen molar-refractivity contribution in [3.63, 3.8) is 0 Å². The van der Waals surface area contributed by atoms with Crippen molar-refractivity contribution in [3.05, 3.63) is 78.4 Å². The summed E-state index contributed by atoms with van der Waals surface area (Å²) in [5, 5.41) is 5.74. The van der Waals surface area contributed by atoms with Crippen LogP contribution in [0.5, 0.6) is 23.0 Å². The van der Waals surface area contributed by atoms with Crippen molar-refractivity contribution in [1.82, 2.24) is 5.32 Å². The molecule has 0 saturated carbocycles. The number of carbonyl (C=O) groups is 1. The second-order valence-electron chi connectivity index (χ2n) is 6.51. The smallest absolute Gasteiger partial charge is 0.257 e. The number of rotatable bonds is 9. The van der Waals surface area contributed by atoms with Crippen molar-refractivity contribution in [1.29, 1.82) is 0 Å². The Morgan fingerprint density at radius 2 is 1.44 bits per heavy atom. The molecule has 1 amide bonds. The summed E-state index contributed by atoms with van der Waals surface area (Å²) in [6.45, 7) is 0.802. The van der Waals surface area contributed by atoms with Gasteiger partial charge in [-0.3, -0.25) is 10.1 Å². The zero-order valence-corrected chi connectivity index (χ0v) is 18.6. The molecule has 0 heterocycles. The molecule has 0 atom stereocenters. The van der Waals surface area contributed by atoms with Crippen molar-refractivity contribution in [2.24, 2.45) is 0 Å². The minimum Gasteiger partial charge on any atom is -0.497 e. The van der Waals surface area contributed by atoms with Gasteiger partial charge in [0.2, 0.25) is 0 Å². The lowest BCUT2D eigenvalue weighted by Crippen LogP contribution is -2.34. The van der Waals surface area contributed by atoms with Gasteiger partial charge in [0.05, 0.1) is 19.9 Å². The highest BCUT2D eigenvalue weighted by Gasteiger charge is 2.11. The predicted molar refractivity (Wildman–Crippen MR) is 127 cm³/mol. The maximum atomic E-state index is 12.5. The Balaban J connectivity index is 1.48. The first kappa shape index (κ1) is 22.9. The number of thiocarbonyl (C=S) groups is 1. The van der Waals surface area contributed by atoms with Crippen LogP contribution in [0, 0.1) is 0 Å². The summed E-state index contributed by atoms with van der Waals surface area (Å²) in [5.74, 6) is 2.29. The molecule has 0 fully saturated rings. The molecule has 0 aromatic heterocycles. The molecule has 0 aliphatic carbocycles. The topological polar surface area (TPSA) is 78.1 Å². The van der Waals surface area contributed by atoms with Gasteiger partial charge in [0, 0.05) is 11.6 Å². The Hall–Kier alpha value is -3.78. The molecular formula is C24H24N2O5S. The molecule has 3 rings (SSSR count). The standard InChI is InChI=1S/C24H24N2O5S/c1-28-20-12-13-22(29-2)21(16-20)25-24(32)26-23(27)17-8-10-19(11-9-17)31-15-14-30-18-6-4-3-5-7-18/h3-13,16H,14-15H2,1-2H3,(H2,25,26,27,32). The van der Waals surface area contributed by atoms with E-state index in [1.807, 2.05) is 30.3 Å². The van der Waals surface area contributed by atoms with E-state index < -0.39 is 0 Å². The minimum absolute atomic E-state index is 0.139. The van der Waals surface area contributed by atoms with Gasteiger partial charge in [-0.2, -0.15) is 0 Å². The van der Waals surface area contributed by atoms with Crippen molar-refractivity contribution < 1.29 is 23.7 Å². The number of benzene rings is 3. The molecule has 0 bridgehead atoms. The number of amides is 1. The first-order chi connectivity index (χ1) is 15.6. The molecule has 3 aromatic rings. The van der Waals surface area contributed by atoms with E-state index in [1.165, 1.54) is 0 Å². The molecule has 2 N–H and O–H groups in total. The molecule has 0 aliphatic heterocycles. The normalized spacial score (nSPS) is 10.1. The second-order valence-corrected chi connectivity index (χ2v) is 6.92. The number of nitrogens with one attached hydrogen (secondary N) is 2. The third kappa shape index (κ3) is 6.61. The quantitative estimate of drug-likeness (QED) is 0.370. The lowest BCUT2D eigenvalue weighted by atomic mass is 10.2.